The molecule has 3 nitrogen and oxygen atoms in total. The molecule has 1 aliphatic heterocycles. The number of nitrogens with two attached hydrogens (primary N) is 1. The summed E-state index contributed by atoms with van der Waals surface area (Å²) in [6, 6.07) is 0.287. The molecule has 2 fully saturated rings. The van der Waals surface area contributed by atoms with Crippen molar-refractivity contribution in [2.24, 2.45) is 5.73 Å². The standard InChI is InChI=1S/C9H18BNO2/c1-8(2)9(3,4)13-10(12-8)6-5-7(6)11/h6-7H,5,11H2,1-4H3/t6-,7-/m1/s1. The normalized spacial score (nSPS) is 40.8. The lowest BCUT2D eigenvalue weighted by Gasteiger charge is -2.32. The zero-order chi connectivity index (χ0) is 9.85. The Bertz CT molecular complexity index is 214. The van der Waals surface area contributed by atoms with Gasteiger partial charge >= 0.3 is 7.12 Å². The van der Waals surface area contributed by atoms with E-state index in [2.05, 4.69) is 27.7 Å². The summed E-state index contributed by atoms with van der Waals surface area (Å²) in [5.41, 5.74) is 5.35. The second kappa shape index (κ2) is 2.50. The molecule has 0 aromatic heterocycles. The Morgan fingerprint density at radius 3 is 1.85 bits per heavy atom. The predicted octanol–water partition coefficient (Wildman–Crippen LogP) is 1.18. The molecular weight excluding hydrogens is 165 g/mol. The van der Waals surface area contributed by atoms with E-state index in [1.165, 1.54) is 0 Å². The van der Waals surface area contributed by atoms with Crippen molar-refractivity contribution in [3.8, 4) is 0 Å². The van der Waals surface area contributed by atoms with E-state index in [1.54, 1.807) is 0 Å². The molecule has 13 heavy (non-hydrogen) atoms. The molecule has 0 unspecified atom stereocenters. The van der Waals surface area contributed by atoms with Crippen LogP contribution < -0.4 is 5.73 Å². The Morgan fingerprint density at radius 2 is 1.54 bits per heavy atom. The Balaban J connectivity index is 2.07. The van der Waals surface area contributed by atoms with E-state index >= 15 is 0 Å². The third-order valence-corrected chi connectivity index (χ3v) is 3.51. The minimum absolute atomic E-state index is 0.0833. The maximum Gasteiger partial charge on any atom is 0.462 e. The lowest BCUT2D eigenvalue weighted by Crippen LogP contribution is -2.41. The van der Waals surface area contributed by atoms with Crippen molar-refractivity contribution < 1.29 is 9.31 Å². The second-order valence-corrected chi connectivity index (χ2v) is 5.19. The molecule has 0 radical (unpaired) electrons. The van der Waals surface area contributed by atoms with Crippen molar-refractivity contribution in [1.29, 1.82) is 0 Å². The molecule has 0 aromatic rings. The van der Waals surface area contributed by atoms with Crippen LogP contribution in [0.15, 0.2) is 0 Å². The Morgan fingerprint density at radius 1 is 1.15 bits per heavy atom. The fraction of sp³-hybridized carbons (Fsp3) is 1.00. The van der Waals surface area contributed by atoms with Crippen LogP contribution in [0.4, 0.5) is 0 Å². The van der Waals surface area contributed by atoms with Gasteiger partial charge in [0.1, 0.15) is 0 Å². The van der Waals surface area contributed by atoms with Crippen LogP contribution in [0.3, 0.4) is 0 Å². The largest absolute Gasteiger partial charge is 0.462 e. The lowest BCUT2D eigenvalue weighted by atomic mass is 9.82. The monoisotopic (exact) mass is 183 g/mol. The topological polar surface area (TPSA) is 44.5 Å². The molecule has 2 atom stereocenters. The van der Waals surface area contributed by atoms with Gasteiger partial charge in [-0.15, -0.1) is 0 Å². The Kier molecular flexibility index (Phi) is 1.82. The highest BCUT2D eigenvalue weighted by Crippen LogP contribution is 2.47. The first-order valence-electron chi connectivity index (χ1n) is 4.95. The third kappa shape index (κ3) is 1.41. The molecule has 0 aromatic carbocycles. The zero-order valence-electron chi connectivity index (χ0n) is 8.83. The van der Waals surface area contributed by atoms with E-state index in [4.69, 9.17) is 15.0 Å². The molecule has 2 rings (SSSR count). The number of hydrogen-bond acceptors (Lipinski definition) is 3. The molecule has 0 spiro atoms. The van der Waals surface area contributed by atoms with Crippen LogP contribution in [0.5, 0.6) is 0 Å². The average molecular weight is 183 g/mol. The van der Waals surface area contributed by atoms with Gasteiger partial charge in [0.2, 0.25) is 0 Å². The summed E-state index contributed by atoms with van der Waals surface area (Å²) in [7, 11) is -0.0833. The van der Waals surface area contributed by atoms with Gasteiger partial charge in [-0.1, -0.05) is 0 Å². The molecule has 0 amide bonds. The molecule has 0 bridgehead atoms. The first-order valence-corrected chi connectivity index (χ1v) is 4.95. The van der Waals surface area contributed by atoms with Gasteiger partial charge in [-0.25, -0.2) is 0 Å². The molecule has 2 N–H and O–H groups in total. The fourth-order valence-electron chi connectivity index (χ4n) is 1.61. The third-order valence-electron chi connectivity index (χ3n) is 3.51. The summed E-state index contributed by atoms with van der Waals surface area (Å²) in [5, 5.41) is 0. The molecule has 1 saturated heterocycles. The first-order chi connectivity index (χ1) is 5.83. The van der Waals surface area contributed by atoms with Crippen LogP contribution in [-0.4, -0.2) is 24.4 Å². The van der Waals surface area contributed by atoms with Crippen LogP contribution in [0, 0.1) is 0 Å². The van der Waals surface area contributed by atoms with Gasteiger partial charge in [0.25, 0.3) is 0 Å². The predicted molar refractivity (Wildman–Crippen MR) is 52.4 cm³/mol. The highest BCUT2D eigenvalue weighted by atomic mass is 16.7. The smallest absolute Gasteiger partial charge is 0.403 e. The van der Waals surface area contributed by atoms with Crippen LogP contribution in [0.25, 0.3) is 0 Å². The van der Waals surface area contributed by atoms with Crippen molar-refractivity contribution in [3.63, 3.8) is 0 Å². The molecular formula is C9H18BNO2. The van der Waals surface area contributed by atoms with Crippen molar-refractivity contribution in [1.82, 2.24) is 0 Å². The summed E-state index contributed by atoms with van der Waals surface area (Å²) in [4.78, 5) is 0. The van der Waals surface area contributed by atoms with E-state index in [0.717, 1.165) is 6.42 Å². The summed E-state index contributed by atoms with van der Waals surface area (Å²) < 4.78 is 11.7. The molecule has 4 heteroatoms. The lowest BCUT2D eigenvalue weighted by molar-refractivity contribution is 0.00578. The van der Waals surface area contributed by atoms with Gasteiger partial charge in [-0.3, -0.25) is 0 Å². The maximum absolute atomic E-state index is 5.86. The Labute approximate surface area is 80.1 Å². The van der Waals surface area contributed by atoms with E-state index in [0.29, 0.717) is 5.82 Å². The highest BCUT2D eigenvalue weighted by molar-refractivity contribution is 6.49. The van der Waals surface area contributed by atoms with Gasteiger partial charge in [-0.2, -0.15) is 0 Å². The van der Waals surface area contributed by atoms with Gasteiger partial charge in [0.15, 0.2) is 0 Å². The van der Waals surface area contributed by atoms with Crippen molar-refractivity contribution in [2.75, 3.05) is 0 Å². The van der Waals surface area contributed by atoms with Gasteiger partial charge < -0.3 is 15.0 Å². The van der Waals surface area contributed by atoms with Crippen molar-refractivity contribution in [2.45, 2.75) is 57.2 Å². The SMILES string of the molecule is CC1(C)OB([C@@H]2C[C@H]2N)OC1(C)C. The Hall–Kier alpha value is -0.0551. The molecule has 1 heterocycles. The summed E-state index contributed by atoms with van der Waals surface area (Å²) in [5.74, 6) is 0.418. The fourth-order valence-corrected chi connectivity index (χ4v) is 1.61. The highest BCUT2D eigenvalue weighted by Gasteiger charge is 2.58. The number of rotatable bonds is 1. The van der Waals surface area contributed by atoms with Crippen molar-refractivity contribution >= 4 is 7.12 Å². The van der Waals surface area contributed by atoms with E-state index < -0.39 is 0 Å². The van der Waals surface area contributed by atoms with Crippen molar-refractivity contribution in [3.05, 3.63) is 0 Å². The van der Waals surface area contributed by atoms with E-state index in [-0.39, 0.29) is 24.4 Å². The van der Waals surface area contributed by atoms with Gasteiger partial charge in [0, 0.05) is 11.9 Å². The second-order valence-electron chi connectivity index (χ2n) is 5.19. The first kappa shape index (κ1) is 9.50. The summed E-state index contributed by atoms with van der Waals surface area (Å²) in [6.07, 6.45) is 1.04. The zero-order valence-corrected chi connectivity index (χ0v) is 8.83. The van der Waals surface area contributed by atoms with Crippen LogP contribution in [0.1, 0.15) is 34.1 Å². The van der Waals surface area contributed by atoms with Crippen LogP contribution in [0.2, 0.25) is 5.82 Å². The molecule has 1 saturated carbocycles. The van der Waals surface area contributed by atoms with E-state index in [1.807, 2.05) is 0 Å². The van der Waals surface area contributed by atoms with E-state index in [9.17, 15) is 0 Å². The maximum atomic E-state index is 5.86. The minimum Gasteiger partial charge on any atom is -0.403 e. The summed E-state index contributed by atoms with van der Waals surface area (Å²) >= 11 is 0. The minimum atomic E-state index is -0.208. The van der Waals surface area contributed by atoms with Gasteiger partial charge in [0.05, 0.1) is 11.2 Å². The molecule has 1 aliphatic carbocycles. The molecule has 74 valence electrons. The number of hydrogen-bond donors (Lipinski definition) is 1. The van der Waals surface area contributed by atoms with Crippen LogP contribution >= 0.6 is 0 Å². The average Bonchev–Trinajstić information content (AvgIpc) is 2.58. The summed E-state index contributed by atoms with van der Waals surface area (Å²) in [6.45, 7) is 8.28. The molecule has 2 aliphatic rings. The van der Waals surface area contributed by atoms with Crippen LogP contribution in [-0.2, 0) is 9.31 Å². The quantitative estimate of drug-likeness (QED) is 0.620. The van der Waals surface area contributed by atoms with Gasteiger partial charge in [-0.05, 0) is 34.1 Å².